The van der Waals surface area contributed by atoms with Crippen molar-refractivity contribution in [1.82, 2.24) is 4.98 Å². The van der Waals surface area contributed by atoms with Gasteiger partial charge in [0.2, 0.25) is 0 Å². The predicted octanol–water partition coefficient (Wildman–Crippen LogP) is 1.15. The highest BCUT2D eigenvalue weighted by Crippen LogP contribution is 2.33. The minimum Gasteiger partial charge on any atom is -0.386 e. The zero-order valence-corrected chi connectivity index (χ0v) is 7.19. The third-order valence-electron chi connectivity index (χ3n) is 1.32. The van der Waals surface area contributed by atoms with Crippen LogP contribution in [0.4, 0.5) is 13.2 Å². The lowest BCUT2D eigenvalue weighted by Gasteiger charge is -2.02. The normalized spacial score (nSPS) is 14.5. The highest BCUT2D eigenvalue weighted by atomic mass is 32.1. The molecule has 0 aliphatic carbocycles. The van der Waals surface area contributed by atoms with Crippen LogP contribution in [0.2, 0.25) is 0 Å². The highest BCUT2D eigenvalue weighted by Gasteiger charge is 2.35. The molecule has 7 heteroatoms. The molecule has 0 radical (unpaired) electrons. The molecule has 1 unspecified atom stereocenters. The fraction of sp³-hybridized carbons (Fsp3) is 0.500. The van der Waals surface area contributed by atoms with Crippen molar-refractivity contribution >= 4 is 11.3 Å². The van der Waals surface area contributed by atoms with Crippen LogP contribution in [-0.2, 0) is 6.18 Å². The molecular weight excluding hydrogens is 205 g/mol. The lowest BCUT2D eigenvalue weighted by Crippen LogP contribution is -2.09. The third kappa shape index (κ3) is 2.39. The van der Waals surface area contributed by atoms with Crippen LogP contribution in [0.1, 0.15) is 16.0 Å². The zero-order chi connectivity index (χ0) is 10.1. The molecule has 0 aromatic carbocycles. The Morgan fingerprint density at radius 3 is 2.62 bits per heavy atom. The molecule has 1 aromatic heterocycles. The van der Waals surface area contributed by atoms with E-state index in [1.54, 1.807) is 0 Å². The molecule has 0 saturated carbocycles. The first kappa shape index (κ1) is 10.4. The molecule has 0 saturated heterocycles. The van der Waals surface area contributed by atoms with Crippen molar-refractivity contribution in [2.75, 3.05) is 6.54 Å². The van der Waals surface area contributed by atoms with Gasteiger partial charge in [-0.1, -0.05) is 0 Å². The molecule has 1 rings (SSSR count). The number of nitrogens with zero attached hydrogens (tertiary/aromatic N) is 1. The summed E-state index contributed by atoms with van der Waals surface area (Å²) in [5, 5.41) is 8.12. The van der Waals surface area contributed by atoms with Crippen molar-refractivity contribution in [1.29, 1.82) is 0 Å². The van der Waals surface area contributed by atoms with E-state index < -0.39 is 17.3 Å². The van der Waals surface area contributed by atoms with Gasteiger partial charge in [-0.3, -0.25) is 0 Å². The summed E-state index contributed by atoms with van der Waals surface area (Å²) in [4.78, 5) is 3.27. The maximum Gasteiger partial charge on any atom is 0.443 e. The molecule has 1 heterocycles. The van der Waals surface area contributed by atoms with E-state index in [9.17, 15) is 13.2 Å². The van der Waals surface area contributed by atoms with Gasteiger partial charge in [0.15, 0.2) is 5.01 Å². The van der Waals surface area contributed by atoms with Gasteiger partial charge in [0.25, 0.3) is 0 Å². The molecule has 1 atom stereocenters. The van der Waals surface area contributed by atoms with Crippen LogP contribution in [0.5, 0.6) is 0 Å². The van der Waals surface area contributed by atoms with E-state index >= 15 is 0 Å². The number of aromatic nitrogens is 1. The van der Waals surface area contributed by atoms with Gasteiger partial charge in [0.05, 0.1) is 4.88 Å². The van der Waals surface area contributed by atoms with Gasteiger partial charge in [-0.25, -0.2) is 4.98 Å². The number of aliphatic hydroxyl groups is 1. The summed E-state index contributed by atoms with van der Waals surface area (Å²) in [5.41, 5.74) is 5.07. The van der Waals surface area contributed by atoms with Crippen molar-refractivity contribution < 1.29 is 18.3 Å². The number of alkyl halides is 3. The fourth-order valence-electron chi connectivity index (χ4n) is 0.688. The number of rotatable bonds is 2. The number of hydrogen-bond donors (Lipinski definition) is 2. The molecule has 13 heavy (non-hydrogen) atoms. The molecular formula is C6H7F3N2OS. The van der Waals surface area contributed by atoms with Crippen LogP contribution in [0.15, 0.2) is 6.20 Å². The monoisotopic (exact) mass is 212 g/mol. The lowest BCUT2D eigenvalue weighted by atomic mass is 10.3. The summed E-state index contributed by atoms with van der Waals surface area (Å²) in [6.07, 6.45) is -4.52. The van der Waals surface area contributed by atoms with Crippen LogP contribution in [0.25, 0.3) is 0 Å². The second-order valence-electron chi connectivity index (χ2n) is 2.32. The van der Waals surface area contributed by atoms with Crippen molar-refractivity contribution in [3.63, 3.8) is 0 Å². The average Bonchev–Trinajstić information content (AvgIpc) is 2.50. The molecule has 1 aromatic rings. The maximum atomic E-state index is 12.0. The first-order valence-electron chi connectivity index (χ1n) is 3.36. The molecule has 0 fully saturated rings. The van der Waals surface area contributed by atoms with Crippen LogP contribution in [0.3, 0.4) is 0 Å². The van der Waals surface area contributed by atoms with Crippen LogP contribution >= 0.6 is 11.3 Å². The molecule has 3 nitrogen and oxygen atoms in total. The van der Waals surface area contributed by atoms with E-state index in [4.69, 9.17) is 10.8 Å². The maximum absolute atomic E-state index is 12.0. The first-order valence-corrected chi connectivity index (χ1v) is 4.18. The van der Waals surface area contributed by atoms with Gasteiger partial charge < -0.3 is 10.8 Å². The van der Waals surface area contributed by atoms with Crippen LogP contribution in [-0.4, -0.2) is 16.6 Å². The molecule has 3 N–H and O–H groups in total. The Labute approximate surface area is 76.0 Å². The lowest BCUT2D eigenvalue weighted by molar-refractivity contribution is -0.137. The zero-order valence-electron chi connectivity index (χ0n) is 6.38. The second-order valence-corrected chi connectivity index (χ2v) is 3.38. The van der Waals surface area contributed by atoms with Crippen LogP contribution < -0.4 is 5.73 Å². The standard InChI is InChI=1S/C6H7F3N2OS/c7-6(8,9)5-11-2-4(13-5)3(12)1-10/h2-3,12H,1,10H2. The summed E-state index contributed by atoms with van der Waals surface area (Å²) < 4.78 is 36.0. The Bertz CT molecular complexity index is 286. The third-order valence-corrected chi connectivity index (χ3v) is 2.46. The predicted molar refractivity (Wildman–Crippen MR) is 41.1 cm³/mol. The minimum atomic E-state index is -4.45. The van der Waals surface area contributed by atoms with Gasteiger partial charge >= 0.3 is 6.18 Å². The number of thiazole rings is 1. The Morgan fingerprint density at radius 2 is 2.23 bits per heavy atom. The van der Waals surface area contributed by atoms with Gasteiger partial charge in [0.1, 0.15) is 6.10 Å². The molecule has 74 valence electrons. The van der Waals surface area contributed by atoms with E-state index in [2.05, 4.69) is 4.98 Å². The topological polar surface area (TPSA) is 59.1 Å². The van der Waals surface area contributed by atoms with E-state index in [1.807, 2.05) is 0 Å². The van der Waals surface area contributed by atoms with E-state index in [1.165, 1.54) is 0 Å². The molecule has 0 aliphatic heterocycles. The van der Waals surface area contributed by atoms with E-state index in [0.29, 0.717) is 11.3 Å². The summed E-state index contributed by atoms with van der Waals surface area (Å²) in [6, 6.07) is 0. The Hall–Kier alpha value is -0.660. The summed E-state index contributed by atoms with van der Waals surface area (Å²) in [5.74, 6) is 0. The van der Waals surface area contributed by atoms with E-state index in [-0.39, 0.29) is 11.4 Å². The first-order chi connectivity index (χ1) is 5.95. The molecule has 0 spiro atoms. The largest absolute Gasteiger partial charge is 0.443 e. The highest BCUT2D eigenvalue weighted by molar-refractivity contribution is 7.11. The van der Waals surface area contributed by atoms with Gasteiger partial charge in [-0.05, 0) is 0 Å². The number of nitrogens with two attached hydrogens (primary N) is 1. The Balaban J connectivity index is 2.87. The average molecular weight is 212 g/mol. The molecule has 0 amide bonds. The number of hydrogen-bond acceptors (Lipinski definition) is 4. The summed E-state index contributed by atoms with van der Waals surface area (Å²) >= 11 is 0.406. The minimum absolute atomic E-state index is 0.112. The van der Waals surface area contributed by atoms with Crippen molar-refractivity contribution in [2.45, 2.75) is 12.3 Å². The SMILES string of the molecule is NCC(O)c1cnc(C(F)(F)F)s1. The second kappa shape index (κ2) is 3.60. The number of halogens is 3. The Morgan fingerprint density at radius 1 is 1.62 bits per heavy atom. The number of aliphatic hydroxyl groups excluding tert-OH is 1. The Kier molecular flexibility index (Phi) is 2.89. The summed E-state index contributed by atoms with van der Waals surface area (Å²) in [7, 11) is 0. The molecule has 0 aliphatic rings. The molecule has 0 bridgehead atoms. The van der Waals surface area contributed by atoms with Crippen molar-refractivity contribution in [3.05, 3.63) is 16.1 Å². The van der Waals surface area contributed by atoms with Gasteiger partial charge in [-0.2, -0.15) is 13.2 Å². The van der Waals surface area contributed by atoms with E-state index in [0.717, 1.165) is 6.20 Å². The van der Waals surface area contributed by atoms with Crippen LogP contribution in [0, 0.1) is 0 Å². The van der Waals surface area contributed by atoms with Gasteiger partial charge in [-0.15, -0.1) is 11.3 Å². The van der Waals surface area contributed by atoms with Gasteiger partial charge in [0, 0.05) is 12.7 Å². The quantitative estimate of drug-likeness (QED) is 0.773. The van der Waals surface area contributed by atoms with Crippen molar-refractivity contribution in [3.8, 4) is 0 Å². The smallest absolute Gasteiger partial charge is 0.386 e. The fourth-order valence-corrected chi connectivity index (χ4v) is 1.47. The summed E-state index contributed by atoms with van der Waals surface area (Å²) in [6.45, 7) is -0.112. The van der Waals surface area contributed by atoms with Crippen molar-refractivity contribution in [2.24, 2.45) is 5.73 Å².